The van der Waals surface area contributed by atoms with Gasteiger partial charge in [0.05, 0.1) is 19.1 Å². The Morgan fingerprint density at radius 1 is 1.07 bits per heavy atom. The van der Waals surface area contributed by atoms with Gasteiger partial charge in [-0.1, -0.05) is 48.5 Å². The van der Waals surface area contributed by atoms with E-state index in [1.165, 1.54) is 0 Å². The average molecular weight is 411 g/mol. The fourth-order valence-electron chi connectivity index (χ4n) is 3.62. The minimum Gasteiger partial charge on any atom is -0.496 e. The molecule has 0 aliphatic carbocycles. The van der Waals surface area contributed by atoms with Crippen LogP contribution in [-0.2, 0) is 9.53 Å². The van der Waals surface area contributed by atoms with Crippen LogP contribution in [0.3, 0.4) is 0 Å². The van der Waals surface area contributed by atoms with Gasteiger partial charge in [0.1, 0.15) is 11.4 Å². The number of nitrogens with zero attached hydrogens (tertiary/aromatic N) is 1. The Morgan fingerprint density at radius 3 is 2.40 bits per heavy atom. The lowest BCUT2D eigenvalue weighted by Crippen LogP contribution is -2.38. The number of para-hydroxylation sites is 1. The lowest BCUT2D eigenvalue weighted by molar-refractivity contribution is -0.125. The van der Waals surface area contributed by atoms with Crippen LogP contribution in [-0.4, -0.2) is 42.7 Å². The predicted molar refractivity (Wildman–Crippen MR) is 115 cm³/mol. The van der Waals surface area contributed by atoms with Crippen molar-refractivity contribution >= 4 is 12.0 Å². The summed E-state index contributed by atoms with van der Waals surface area (Å²) >= 11 is 0. The molecule has 0 aromatic heterocycles. The standard InChI is InChI=1S/C24H30N2O4/c1-24(2,3)30-23(28)26-15-14-18(16-26)22(27)25-21(17-10-6-5-7-11-17)19-12-8-9-13-20(19)29-4/h5-13,18,21H,14-16H2,1-4H3,(H,25,27). The highest BCUT2D eigenvalue weighted by atomic mass is 16.6. The van der Waals surface area contributed by atoms with Crippen LogP contribution >= 0.6 is 0 Å². The SMILES string of the molecule is COc1ccccc1C(NC(=O)C1CCN(C(=O)OC(C)(C)C)C1)c1ccccc1. The molecule has 30 heavy (non-hydrogen) atoms. The molecule has 160 valence electrons. The summed E-state index contributed by atoms with van der Waals surface area (Å²) in [5.41, 5.74) is 1.30. The molecule has 6 heteroatoms. The summed E-state index contributed by atoms with van der Waals surface area (Å²) in [6, 6.07) is 17.1. The van der Waals surface area contributed by atoms with E-state index in [-0.39, 0.29) is 24.0 Å². The van der Waals surface area contributed by atoms with Crippen LogP contribution in [0.1, 0.15) is 44.4 Å². The zero-order chi connectivity index (χ0) is 21.7. The van der Waals surface area contributed by atoms with Crippen LogP contribution in [0.5, 0.6) is 5.75 Å². The fourth-order valence-corrected chi connectivity index (χ4v) is 3.62. The molecular weight excluding hydrogens is 380 g/mol. The molecule has 0 spiro atoms. The summed E-state index contributed by atoms with van der Waals surface area (Å²) < 4.78 is 11.0. The Balaban J connectivity index is 1.76. The summed E-state index contributed by atoms with van der Waals surface area (Å²) in [5.74, 6) is 0.354. The number of rotatable bonds is 5. The molecule has 0 saturated carbocycles. The van der Waals surface area contributed by atoms with E-state index in [1.807, 2.05) is 75.4 Å². The maximum absolute atomic E-state index is 13.1. The molecule has 2 aromatic rings. The average Bonchev–Trinajstić information content (AvgIpc) is 3.22. The van der Waals surface area contributed by atoms with Crippen LogP contribution < -0.4 is 10.1 Å². The smallest absolute Gasteiger partial charge is 0.410 e. The zero-order valence-electron chi connectivity index (χ0n) is 18.1. The van der Waals surface area contributed by atoms with E-state index in [4.69, 9.17) is 9.47 Å². The highest BCUT2D eigenvalue weighted by molar-refractivity contribution is 5.81. The van der Waals surface area contributed by atoms with E-state index in [0.717, 1.165) is 11.1 Å². The molecule has 1 fully saturated rings. The first-order valence-electron chi connectivity index (χ1n) is 10.2. The van der Waals surface area contributed by atoms with Gasteiger partial charge < -0.3 is 19.7 Å². The van der Waals surface area contributed by atoms with Crippen LogP contribution in [0.2, 0.25) is 0 Å². The number of nitrogens with one attached hydrogen (secondary N) is 1. The Morgan fingerprint density at radius 2 is 1.73 bits per heavy atom. The van der Waals surface area contributed by atoms with Crippen molar-refractivity contribution < 1.29 is 19.1 Å². The van der Waals surface area contributed by atoms with Crippen molar-refractivity contribution in [2.24, 2.45) is 5.92 Å². The van der Waals surface area contributed by atoms with Gasteiger partial charge in [-0.05, 0) is 38.8 Å². The van der Waals surface area contributed by atoms with Crippen molar-refractivity contribution in [2.45, 2.75) is 38.8 Å². The number of ether oxygens (including phenoxy) is 2. The minimum absolute atomic E-state index is 0.0826. The second-order valence-electron chi connectivity index (χ2n) is 8.51. The molecule has 1 aliphatic rings. The maximum Gasteiger partial charge on any atom is 0.410 e. The number of hydrogen-bond donors (Lipinski definition) is 1. The number of hydrogen-bond acceptors (Lipinski definition) is 4. The number of benzene rings is 2. The molecular formula is C24H30N2O4. The molecule has 0 radical (unpaired) electrons. The second kappa shape index (κ2) is 9.20. The van der Waals surface area contributed by atoms with Crippen molar-refractivity contribution in [3.63, 3.8) is 0 Å². The summed E-state index contributed by atoms with van der Waals surface area (Å²) in [7, 11) is 1.62. The molecule has 1 heterocycles. The van der Waals surface area contributed by atoms with E-state index in [1.54, 1.807) is 12.0 Å². The molecule has 6 nitrogen and oxygen atoms in total. The molecule has 2 aromatic carbocycles. The number of amides is 2. The van der Waals surface area contributed by atoms with E-state index in [0.29, 0.717) is 25.3 Å². The van der Waals surface area contributed by atoms with Gasteiger partial charge in [-0.15, -0.1) is 0 Å². The Hall–Kier alpha value is -3.02. The summed E-state index contributed by atoms with van der Waals surface area (Å²) in [6.07, 6.45) is 0.237. The first-order valence-corrected chi connectivity index (χ1v) is 10.2. The normalized spacial score (nSPS) is 17.3. The first kappa shape index (κ1) is 21.7. The minimum atomic E-state index is -0.556. The highest BCUT2D eigenvalue weighted by Crippen LogP contribution is 2.31. The third-order valence-corrected chi connectivity index (χ3v) is 5.08. The number of carbonyl (C=O) groups excluding carboxylic acids is 2. The predicted octanol–water partition coefficient (Wildman–Crippen LogP) is 4.16. The maximum atomic E-state index is 13.1. The monoisotopic (exact) mass is 410 g/mol. The lowest BCUT2D eigenvalue weighted by Gasteiger charge is -2.25. The summed E-state index contributed by atoms with van der Waals surface area (Å²) in [4.78, 5) is 27.1. The number of likely N-dealkylation sites (tertiary alicyclic amines) is 1. The zero-order valence-corrected chi connectivity index (χ0v) is 18.1. The Labute approximate surface area is 178 Å². The van der Waals surface area contributed by atoms with Gasteiger partial charge in [0.25, 0.3) is 0 Å². The first-order chi connectivity index (χ1) is 14.3. The van der Waals surface area contributed by atoms with Gasteiger partial charge >= 0.3 is 6.09 Å². The molecule has 1 saturated heterocycles. The second-order valence-corrected chi connectivity index (χ2v) is 8.51. The largest absolute Gasteiger partial charge is 0.496 e. The van der Waals surface area contributed by atoms with Crippen LogP contribution in [0.15, 0.2) is 54.6 Å². The lowest BCUT2D eigenvalue weighted by atomic mass is 9.96. The van der Waals surface area contributed by atoms with Gasteiger partial charge in [0.2, 0.25) is 5.91 Å². The van der Waals surface area contributed by atoms with Crippen LogP contribution in [0.4, 0.5) is 4.79 Å². The molecule has 1 aliphatic heterocycles. The van der Waals surface area contributed by atoms with Crippen LogP contribution in [0.25, 0.3) is 0 Å². The van der Waals surface area contributed by atoms with Crippen molar-refractivity contribution in [2.75, 3.05) is 20.2 Å². The van der Waals surface area contributed by atoms with Gasteiger partial charge in [-0.25, -0.2) is 4.79 Å². The quantitative estimate of drug-likeness (QED) is 0.804. The molecule has 1 N–H and O–H groups in total. The summed E-state index contributed by atoms with van der Waals surface area (Å²) in [6.45, 7) is 6.38. The topological polar surface area (TPSA) is 67.9 Å². The number of carbonyl (C=O) groups is 2. The van der Waals surface area contributed by atoms with Gasteiger partial charge in [-0.2, -0.15) is 0 Å². The third kappa shape index (κ3) is 5.32. The Kier molecular flexibility index (Phi) is 6.65. The van der Waals surface area contributed by atoms with E-state index in [9.17, 15) is 9.59 Å². The van der Waals surface area contributed by atoms with Crippen molar-refractivity contribution in [3.05, 3.63) is 65.7 Å². The van der Waals surface area contributed by atoms with E-state index >= 15 is 0 Å². The van der Waals surface area contributed by atoms with Crippen molar-refractivity contribution in [1.29, 1.82) is 0 Å². The molecule has 2 atom stereocenters. The highest BCUT2D eigenvalue weighted by Gasteiger charge is 2.34. The van der Waals surface area contributed by atoms with Crippen molar-refractivity contribution in [1.82, 2.24) is 10.2 Å². The molecule has 3 rings (SSSR count). The molecule has 0 bridgehead atoms. The van der Waals surface area contributed by atoms with Crippen LogP contribution in [0, 0.1) is 5.92 Å². The van der Waals surface area contributed by atoms with E-state index in [2.05, 4.69) is 5.32 Å². The number of methoxy groups -OCH3 is 1. The summed E-state index contributed by atoms with van der Waals surface area (Å²) in [5, 5.41) is 3.18. The van der Waals surface area contributed by atoms with Gasteiger partial charge in [-0.3, -0.25) is 4.79 Å². The van der Waals surface area contributed by atoms with E-state index < -0.39 is 5.60 Å². The fraction of sp³-hybridized carbons (Fsp3) is 0.417. The third-order valence-electron chi connectivity index (χ3n) is 5.08. The van der Waals surface area contributed by atoms with Gasteiger partial charge in [0, 0.05) is 18.7 Å². The molecule has 2 amide bonds. The Bertz CT molecular complexity index is 876. The molecule has 2 unspecified atom stereocenters. The van der Waals surface area contributed by atoms with Gasteiger partial charge in [0.15, 0.2) is 0 Å². The van der Waals surface area contributed by atoms with Crippen molar-refractivity contribution in [3.8, 4) is 5.75 Å².